The maximum atomic E-state index is 12.3. The molecule has 1 aliphatic rings. The average molecular weight is 335 g/mol. The first-order valence-electron chi connectivity index (χ1n) is 5.64. The number of nitrogens with zero attached hydrogens (tertiary/aromatic N) is 1. The Labute approximate surface area is 115 Å². The van der Waals surface area contributed by atoms with Gasteiger partial charge < -0.3 is 10.8 Å². The van der Waals surface area contributed by atoms with Crippen molar-refractivity contribution in [3.05, 3.63) is 22.7 Å². The van der Waals surface area contributed by atoms with Gasteiger partial charge in [0.1, 0.15) is 0 Å². The van der Waals surface area contributed by atoms with Gasteiger partial charge in [-0.1, -0.05) is 0 Å². The second-order valence-corrected chi connectivity index (χ2v) is 7.13. The van der Waals surface area contributed by atoms with Crippen molar-refractivity contribution in [3.63, 3.8) is 0 Å². The van der Waals surface area contributed by atoms with E-state index in [-0.39, 0.29) is 11.4 Å². The first-order chi connectivity index (χ1) is 8.41. The molecule has 0 aliphatic carbocycles. The molecule has 0 aromatic heterocycles. The van der Waals surface area contributed by atoms with Crippen LogP contribution in [-0.4, -0.2) is 37.0 Å². The van der Waals surface area contributed by atoms with Gasteiger partial charge in [-0.2, -0.15) is 4.31 Å². The Morgan fingerprint density at radius 3 is 2.78 bits per heavy atom. The number of piperidine rings is 1. The summed E-state index contributed by atoms with van der Waals surface area (Å²) >= 11 is 3.22. The van der Waals surface area contributed by atoms with Crippen LogP contribution in [0.3, 0.4) is 0 Å². The first-order valence-corrected chi connectivity index (χ1v) is 7.88. The number of aliphatic hydroxyl groups excluding tert-OH is 1. The fraction of sp³-hybridized carbons (Fsp3) is 0.455. The van der Waals surface area contributed by atoms with Crippen LogP contribution in [0.1, 0.15) is 12.8 Å². The van der Waals surface area contributed by atoms with E-state index in [4.69, 9.17) is 5.73 Å². The molecule has 1 aromatic rings. The second kappa shape index (κ2) is 5.16. The van der Waals surface area contributed by atoms with E-state index in [0.29, 0.717) is 29.5 Å². The van der Waals surface area contributed by atoms with E-state index in [0.717, 1.165) is 0 Å². The Morgan fingerprint density at radius 2 is 2.17 bits per heavy atom. The third-order valence-corrected chi connectivity index (χ3v) is 5.52. The van der Waals surface area contributed by atoms with E-state index < -0.39 is 16.1 Å². The third-order valence-electron chi connectivity index (χ3n) is 2.97. The minimum absolute atomic E-state index is 0.157. The summed E-state index contributed by atoms with van der Waals surface area (Å²) < 4.78 is 26.6. The molecule has 18 heavy (non-hydrogen) atoms. The zero-order valence-electron chi connectivity index (χ0n) is 9.71. The van der Waals surface area contributed by atoms with Crippen LogP contribution in [-0.2, 0) is 10.0 Å². The van der Waals surface area contributed by atoms with Crippen LogP contribution in [0.4, 0.5) is 5.69 Å². The zero-order chi connectivity index (χ0) is 13.3. The van der Waals surface area contributed by atoms with Gasteiger partial charge in [-0.25, -0.2) is 8.42 Å². The number of benzene rings is 1. The summed E-state index contributed by atoms with van der Waals surface area (Å²) in [4.78, 5) is 0.192. The highest BCUT2D eigenvalue weighted by Gasteiger charge is 2.29. The number of hydrogen-bond acceptors (Lipinski definition) is 4. The minimum atomic E-state index is -3.55. The Hall–Kier alpha value is -0.630. The van der Waals surface area contributed by atoms with E-state index in [1.807, 2.05) is 0 Å². The lowest BCUT2D eigenvalue weighted by Gasteiger charge is -2.29. The third kappa shape index (κ3) is 2.69. The van der Waals surface area contributed by atoms with Crippen molar-refractivity contribution < 1.29 is 13.5 Å². The molecule has 1 aromatic carbocycles. The van der Waals surface area contributed by atoms with Crippen molar-refractivity contribution in [3.8, 4) is 0 Å². The van der Waals surface area contributed by atoms with Crippen LogP contribution in [0, 0.1) is 0 Å². The second-order valence-electron chi connectivity index (χ2n) is 4.34. The summed E-state index contributed by atoms with van der Waals surface area (Å²) in [5.74, 6) is 0. The lowest BCUT2D eigenvalue weighted by molar-refractivity contribution is 0.108. The summed E-state index contributed by atoms with van der Waals surface area (Å²) in [7, 11) is -3.55. The van der Waals surface area contributed by atoms with Crippen LogP contribution in [0.25, 0.3) is 0 Å². The SMILES string of the molecule is Nc1ccc(S(=O)(=O)N2CCC[C@H](O)C2)cc1Br. The van der Waals surface area contributed by atoms with E-state index in [1.54, 1.807) is 6.07 Å². The number of nitrogen functional groups attached to an aromatic ring is 1. The molecule has 100 valence electrons. The number of rotatable bonds is 2. The normalized spacial score (nSPS) is 22.0. The van der Waals surface area contributed by atoms with Crippen LogP contribution in [0.15, 0.2) is 27.6 Å². The molecule has 1 saturated heterocycles. The molecule has 2 rings (SSSR count). The zero-order valence-corrected chi connectivity index (χ0v) is 12.1. The molecule has 1 heterocycles. The van der Waals surface area contributed by atoms with Crippen LogP contribution in [0.5, 0.6) is 0 Å². The summed E-state index contributed by atoms with van der Waals surface area (Å²) in [6, 6.07) is 4.53. The summed E-state index contributed by atoms with van der Waals surface area (Å²) in [6.45, 7) is 0.603. The van der Waals surface area contributed by atoms with Gasteiger partial charge in [0.2, 0.25) is 10.0 Å². The number of halogens is 1. The van der Waals surface area contributed by atoms with Crippen molar-refractivity contribution in [2.45, 2.75) is 23.8 Å². The van der Waals surface area contributed by atoms with E-state index in [1.165, 1.54) is 16.4 Å². The minimum Gasteiger partial charge on any atom is -0.398 e. The number of β-amino-alcohol motifs (C(OH)–C–C–N with tert-alkyl or cyclic N) is 1. The number of nitrogens with two attached hydrogens (primary N) is 1. The molecule has 0 radical (unpaired) electrons. The first kappa shape index (κ1) is 13.8. The van der Waals surface area contributed by atoms with Crippen molar-refractivity contribution in [1.29, 1.82) is 0 Å². The van der Waals surface area contributed by atoms with Crippen molar-refractivity contribution in [1.82, 2.24) is 4.31 Å². The lowest BCUT2D eigenvalue weighted by Crippen LogP contribution is -2.42. The molecular formula is C11H15BrN2O3S. The molecule has 0 unspecified atom stereocenters. The molecule has 5 nitrogen and oxygen atoms in total. The maximum Gasteiger partial charge on any atom is 0.243 e. The largest absolute Gasteiger partial charge is 0.398 e. The summed E-state index contributed by atoms with van der Waals surface area (Å²) in [5.41, 5.74) is 6.13. The van der Waals surface area contributed by atoms with Gasteiger partial charge in [-0.15, -0.1) is 0 Å². The maximum absolute atomic E-state index is 12.3. The van der Waals surface area contributed by atoms with E-state index >= 15 is 0 Å². The topological polar surface area (TPSA) is 83.6 Å². The molecule has 7 heteroatoms. The molecule has 1 fully saturated rings. The molecule has 1 aliphatic heterocycles. The number of aliphatic hydroxyl groups is 1. The van der Waals surface area contributed by atoms with Crippen molar-refractivity contribution in [2.24, 2.45) is 0 Å². The van der Waals surface area contributed by atoms with Gasteiger partial charge in [0.25, 0.3) is 0 Å². The van der Waals surface area contributed by atoms with Gasteiger partial charge in [0.05, 0.1) is 11.0 Å². The van der Waals surface area contributed by atoms with Crippen molar-refractivity contribution >= 4 is 31.6 Å². The number of anilines is 1. The highest BCUT2D eigenvalue weighted by atomic mass is 79.9. The average Bonchev–Trinajstić information content (AvgIpc) is 2.32. The Morgan fingerprint density at radius 1 is 1.44 bits per heavy atom. The smallest absolute Gasteiger partial charge is 0.243 e. The Bertz CT molecular complexity index is 547. The van der Waals surface area contributed by atoms with Gasteiger partial charge in [0.15, 0.2) is 0 Å². The Kier molecular flexibility index (Phi) is 3.96. The highest BCUT2D eigenvalue weighted by Crippen LogP contribution is 2.26. The lowest BCUT2D eigenvalue weighted by atomic mass is 10.1. The van der Waals surface area contributed by atoms with Crippen molar-refractivity contribution in [2.75, 3.05) is 18.8 Å². The predicted octanol–water partition coefficient (Wildman–Crippen LogP) is 1.18. The van der Waals surface area contributed by atoms with Crippen LogP contribution >= 0.6 is 15.9 Å². The fourth-order valence-corrected chi connectivity index (χ4v) is 4.03. The number of sulfonamides is 1. The van der Waals surface area contributed by atoms with Crippen LogP contribution in [0.2, 0.25) is 0 Å². The molecule has 1 atom stereocenters. The van der Waals surface area contributed by atoms with E-state index in [2.05, 4.69) is 15.9 Å². The quantitative estimate of drug-likeness (QED) is 0.795. The monoisotopic (exact) mass is 334 g/mol. The predicted molar refractivity (Wildman–Crippen MR) is 72.6 cm³/mol. The molecular weight excluding hydrogens is 320 g/mol. The Balaban J connectivity index is 2.32. The summed E-state index contributed by atoms with van der Waals surface area (Å²) in [6.07, 6.45) is 0.749. The van der Waals surface area contributed by atoms with Gasteiger partial charge in [0, 0.05) is 23.2 Å². The molecule has 3 N–H and O–H groups in total. The summed E-state index contributed by atoms with van der Waals surface area (Å²) in [5, 5.41) is 9.55. The van der Waals surface area contributed by atoms with Gasteiger partial charge in [-0.05, 0) is 47.0 Å². The van der Waals surface area contributed by atoms with E-state index in [9.17, 15) is 13.5 Å². The van der Waals surface area contributed by atoms with Crippen LogP contribution < -0.4 is 5.73 Å². The molecule has 0 amide bonds. The highest BCUT2D eigenvalue weighted by molar-refractivity contribution is 9.10. The molecule has 0 saturated carbocycles. The number of hydrogen-bond donors (Lipinski definition) is 2. The fourth-order valence-electron chi connectivity index (χ4n) is 1.96. The van der Waals surface area contributed by atoms with Gasteiger partial charge >= 0.3 is 0 Å². The standard InChI is InChI=1S/C11H15BrN2O3S/c12-10-6-9(3-4-11(10)13)18(16,17)14-5-1-2-8(15)7-14/h3-4,6,8,15H,1-2,5,7,13H2/t8-/m0/s1. The van der Waals surface area contributed by atoms with Gasteiger partial charge in [-0.3, -0.25) is 0 Å². The molecule has 0 bridgehead atoms. The molecule has 0 spiro atoms.